The molecule has 1 heteroatoms. The van der Waals surface area contributed by atoms with Crippen molar-refractivity contribution in [1.29, 1.82) is 0 Å². The number of hydrogen-bond donors (Lipinski definition) is 0. The molecule has 1 atom stereocenters. The molecule has 1 unspecified atom stereocenters. The maximum absolute atomic E-state index is 5.47. The van der Waals surface area contributed by atoms with E-state index in [2.05, 4.69) is 71.0 Å². The van der Waals surface area contributed by atoms with Gasteiger partial charge >= 0.3 is 0 Å². The van der Waals surface area contributed by atoms with Crippen molar-refractivity contribution in [2.45, 2.75) is 71.8 Å². The molecule has 1 nitrogen and oxygen atoms in total. The molecular formula is C21H34O. The molecule has 0 spiro atoms. The highest BCUT2D eigenvalue weighted by Gasteiger charge is 2.15. The van der Waals surface area contributed by atoms with Gasteiger partial charge in [-0.3, -0.25) is 0 Å². The van der Waals surface area contributed by atoms with Crippen LogP contribution in [0.15, 0.2) is 30.3 Å². The molecule has 0 fully saturated rings. The van der Waals surface area contributed by atoms with Crippen molar-refractivity contribution in [2.75, 3.05) is 7.11 Å². The van der Waals surface area contributed by atoms with Gasteiger partial charge in [0.2, 0.25) is 0 Å². The molecule has 0 bridgehead atoms. The van der Waals surface area contributed by atoms with Crippen molar-refractivity contribution in [3.63, 3.8) is 0 Å². The summed E-state index contributed by atoms with van der Waals surface area (Å²) in [5.41, 5.74) is 2.73. The predicted octanol–water partition coefficient (Wildman–Crippen LogP) is 6.44. The number of methoxy groups -OCH3 is 1. The summed E-state index contributed by atoms with van der Waals surface area (Å²) in [5, 5.41) is 0. The Morgan fingerprint density at radius 3 is 2.27 bits per heavy atom. The Labute approximate surface area is 137 Å². The van der Waals surface area contributed by atoms with Crippen LogP contribution >= 0.6 is 0 Å². The molecule has 0 aliphatic heterocycles. The maximum Gasteiger partial charge on any atom is 0.0622 e. The van der Waals surface area contributed by atoms with Crippen LogP contribution in [0.1, 0.15) is 77.3 Å². The van der Waals surface area contributed by atoms with Gasteiger partial charge in [0.25, 0.3) is 0 Å². The van der Waals surface area contributed by atoms with Crippen LogP contribution in [-0.2, 0) is 4.74 Å². The van der Waals surface area contributed by atoms with Crippen molar-refractivity contribution < 1.29 is 4.74 Å². The Bertz CT molecular complexity index is 439. The number of benzene rings is 1. The van der Waals surface area contributed by atoms with Crippen molar-refractivity contribution >= 4 is 6.08 Å². The summed E-state index contributed by atoms with van der Waals surface area (Å²) in [7, 11) is 1.80. The largest absolute Gasteiger partial charge is 0.379 e. The van der Waals surface area contributed by atoms with Crippen LogP contribution < -0.4 is 0 Å². The molecule has 0 radical (unpaired) electrons. The van der Waals surface area contributed by atoms with Gasteiger partial charge in [-0.1, -0.05) is 70.0 Å². The standard InChI is InChI=1S/C21H34O/c1-17(2)20-14-12-19(13-15-20)11-7-9-18(3)10-8-16-21(4,5)22-6/h7,11-15,17-18H,8-10,16H2,1-6H3. The first-order chi connectivity index (χ1) is 10.3. The minimum Gasteiger partial charge on any atom is -0.379 e. The van der Waals surface area contributed by atoms with Crippen LogP contribution in [0.4, 0.5) is 0 Å². The van der Waals surface area contributed by atoms with Crippen LogP contribution in [0.3, 0.4) is 0 Å². The highest BCUT2D eigenvalue weighted by molar-refractivity contribution is 5.49. The fourth-order valence-electron chi connectivity index (χ4n) is 2.52. The summed E-state index contributed by atoms with van der Waals surface area (Å²) >= 11 is 0. The molecule has 0 aliphatic carbocycles. The Morgan fingerprint density at radius 1 is 1.09 bits per heavy atom. The molecule has 0 saturated carbocycles. The molecule has 0 aliphatic rings. The lowest BCUT2D eigenvalue weighted by molar-refractivity contribution is 0.0128. The third-order valence-electron chi connectivity index (χ3n) is 4.48. The summed E-state index contributed by atoms with van der Waals surface area (Å²) in [6, 6.07) is 8.91. The first-order valence-electron chi connectivity index (χ1n) is 8.65. The molecule has 22 heavy (non-hydrogen) atoms. The zero-order valence-electron chi connectivity index (χ0n) is 15.4. The topological polar surface area (TPSA) is 9.23 Å². The zero-order valence-corrected chi connectivity index (χ0v) is 15.4. The SMILES string of the molecule is COC(C)(C)CCCC(C)CC=Cc1ccc(C(C)C)cc1. The minimum absolute atomic E-state index is 0.0215. The normalized spacial score (nSPS) is 14.0. The number of hydrogen-bond acceptors (Lipinski definition) is 1. The molecule has 0 heterocycles. The van der Waals surface area contributed by atoms with Crippen LogP contribution in [0.5, 0.6) is 0 Å². The van der Waals surface area contributed by atoms with E-state index >= 15 is 0 Å². The van der Waals surface area contributed by atoms with Gasteiger partial charge in [-0.2, -0.15) is 0 Å². The fraction of sp³-hybridized carbons (Fsp3) is 0.619. The zero-order chi connectivity index (χ0) is 16.6. The van der Waals surface area contributed by atoms with Crippen LogP contribution in [0.2, 0.25) is 0 Å². The van der Waals surface area contributed by atoms with E-state index in [1.54, 1.807) is 7.11 Å². The van der Waals surface area contributed by atoms with Crippen molar-refractivity contribution in [2.24, 2.45) is 5.92 Å². The smallest absolute Gasteiger partial charge is 0.0622 e. The second-order valence-electron chi connectivity index (χ2n) is 7.42. The molecule has 0 amide bonds. The Balaban J connectivity index is 2.32. The van der Waals surface area contributed by atoms with Gasteiger partial charge in [0.15, 0.2) is 0 Å². The van der Waals surface area contributed by atoms with Crippen LogP contribution in [0.25, 0.3) is 6.08 Å². The first kappa shape index (κ1) is 19.0. The molecule has 0 saturated heterocycles. The minimum atomic E-state index is 0.0215. The van der Waals surface area contributed by atoms with E-state index in [1.165, 1.54) is 24.0 Å². The quantitative estimate of drug-likeness (QED) is 0.509. The molecule has 1 rings (SSSR count). The van der Waals surface area contributed by atoms with E-state index < -0.39 is 0 Å². The van der Waals surface area contributed by atoms with E-state index in [0.29, 0.717) is 5.92 Å². The monoisotopic (exact) mass is 302 g/mol. The lowest BCUT2D eigenvalue weighted by Gasteiger charge is -2.23. The van der Waals surface area contributed by atoms with E-state index in [1.807, 2.05) is 0 Å². The van der Waals surface area contributed by atoms with Crippen LogP contribution in [-0.4, -0.2) is 12.7 Å². The lowest BCUT2D eigenvalue weighted by Crippen LogP contribution is -2.22. The van der Waals surface area contributed by atoms with E-state index in [4.69, 9.17) is 4.74 Å². The van der Waals surface area contributed by atoms with Gasteiger partial charge in [-0.25, -0.2) is 0 Å². The maximum atomic E-state index is 5.47. The summed E-state index contributed by atoms with van der Waals surface area (Å²) in [4.78, 5) is 0. The third kappa shape index (κ3) is 7.26. The van der Waals surface area contributed by atoms with Crippen molar-refractivity contribution in [3.8, 4) is 0 Å². The van der Waals surface area contributed by atoms with E-state index in [-0.39, 0.29) is 5.60 Å². The second-order valence-corrected chi connectivity index (χ2v) is 7.42. The van der Waals surface area contributed by atoms with E-state index in [9.17, 15) is 0 Å². The molecule has 0 N–H and O–H groups in total. The third-order valence-corrected chi connectivity index (χ3v) is 4.48. The summed E-state index contributed by atoms with van der Waals surface area (Å²) in [6.45, 7) is 11.1. The van der Waals surface area contributed by atoms with Gasteiger partial charge in [-0.15, -0.1) is 0 Å². The highest BCUT2D eigenvalue weighted by Crippen LogP contribution is 2.21. The number of rotatable bonds is 9. The summed E-state index contributed by atoms with van der Waals surface area (Å²) in [6.07, 6.45) is 9.35. The van der Waals surface area contributed by atoms with Crippen LogP contribution in [0, 0.1) is 5.92 Å². The summed E-state index contributed by atoms with van der Waals surface area (Å²) < 4.78 is 5.47. The average molecular weight is 303 g/mol. The second kappa shape index (κ2) is 9.15. The molecule has 124 valence electrons. The fourth-order valence-corrected chi connectivity index (χ4v) is 2.52. The Hall–Kier alpha value is -1.08. The van der Waals surface area contributed by atoms with Gasteiger partial charge < -0.3 is 4.74 Å². The molecule has 1 aromatic rings. The molecular weight excluding hydrogens is 268 g/mol. The van der Waals surface area contributed by atoms with Crippen molar-refractivity contribution in [3.05, 3.63) is 41.5 Å². The molecule has 1 aromatic carbocycles. The van der Waals surface area contributed by atoms with Crippen molar-refractivity contribution in [1.82, 2.24) is 0 Å². The average Bonchev–Trinajstić information content (AvgIpc) is 2.47. The predicted molar refractivity (Wildman–Crippen MR) is 98.3 cm³/mol. The highest BCUT2D eigenvalue weighted by atomic mass is 16.5. The number of ether oxygens (including phenoxy) is 1. The Kier molecular flexibility index (Phi) is 7.89. The van der Waals surface area contributed by atoms with Gasteiger partial charge in [0.05, 0.1) is 5.60 Å². The number of allylic oxidation sites excluding steroid dienone is 1. The lowest BCUT2D eigenvalue weighted by atomic mass is 9.94. The Morgan fingerprint density at radius 2 is 1.73 bits per heavy atom. The molecule has 0 aromatic heterocycles. The van der Waals surface area contributed by atoms with Gasteiger partial charge in [0, 0.05) is 7.11 Å². The van der Waals surface area contributed by atoms with E-state index in [0.717, 1.165) is 18.8 Å². The summed E-state index contributed by atoms with van der Waals surface area (Å²) in [5.74, 6) is 1.34. The first-order valence-corrected chi connectivity index (χ1v) is 8.65. The van der Waals surface area contributed by atoms with Gasteiger partial charge in [0.1, 0.15) is 0 Å². The van der Waals surface area contributed by atoms with Gasteiger partial charge in [-0.05, 0) is 49.7 Å².